The molecule has 2 saturated heterocycles. The molecule has 2 aliphatic rings. The molecule has 4 rings (SSSR count). The number of carbonyl (C=O) groups is 5. The number of carbonyl (C=O) groups excluding carboxylic acids is 5. The fourth-order valence-electron chi connectivity index (χ4n) is 5.62. The predicted octanol–water partition coefficient (Wildman–Crippen LogP) is 3.24. The highest BCUT2D eigenvalue weighted by Crippen LogP contribution is 2.33. The molecule has 0 aromatic heterocycles. The Kier molecular flexibility index (Phi) is 12.7. The largest absolute Gasteiger partial charge is 0.367 e. The number of amides is 6. The van der Waals surface area contributed by atoms with Gasteiger partial charge in [0.2, 0.25) is 23.6 Å². The summed E-state index contributed by atoms with van der Waals surface area (Å²) in [4.78, 5) is 70.0. The molecule has 0 unspecified atom stereocenters. The molecule has 6 amide bonds. The standard InChI is InChI=1S/C32H40Cl2FN7O5/c1-3-20(2)29(39-27(44)19-36-26(43)18-37-32(47)38-23-10-5-4-9-22(23)35)31(46)42-13-7-12-25(42)30(45)41-16-14-40(15-17-41)24-11-6-8-21(33)28(24)34/h4-6,8-11,20,25,29H,3,7,12-19H2,1-2H3,(H,36,43)(H,39,44)(H2,37,38,47)/t20-,25-,29-/m0/s1. The number of urea groups is 1. The number of halogens is 3. The van der Waals surface area contributed by atoms with Crippen molar-refractivity contribution in [1.82, 2.24) is 25.8 Å². The van der Waals surface area contributed by atoms with Gasteiger partial charge in [-0.05, 0) is 43.0 Å². The first-order valence-corrected chi connectivity index (χ1v) is 16.4. The number of hydrogen-bond donors (Lipinski definition) is 4. The Morgan fingerprint density at radius 1 is 0.915 bits per heavy atom. The topological polar surface area (TPSA) is 143 Å². The van der Waals surface area contributed by atoms with E-state index in [1.807, 2.05) is 26.0 Å². The highest BCUT2D eigenvalue weighted by molar-refractivity contribution is 6.43. The van der Waals surface area contributed by atoms with E-state index in [9.17, 15) is 28.4 Å². The van der Waals surface area contributed by atoms with E-state index in [0.29, 0.717) is 62.0 Å². The van der Waals surface area contributed by atoms with Gasteiger partial charge < -0.3 is 36.0 Å². The molecule has 0 saturated carbocycles. The zero-order chi connectivity index (χ0) is 34.1. The Labute approximate surface area is 283 Å². The minimum Gasteiger partial charge on any atom is -0.367 e. The van der Waals surface area contributed by atoms with Crippen LogP contribution in [0.2, 0.25) is 10.0 Å². The lowest BCUT2D eigenvalue weighted by Gasteiger charge is -2.39. The normalized spacial score (nSPS) is 17.5. The molecule has 0 spiro atoms. The maximum absolute atomic E-state index is 13.8. The molecule has 2 aliphatic heterocycles. The number of hydrogen-bond acceptors (Lipinski definition) is 6. The molecule has 12 nitrogen and oxygen atoms in total. The predicted molar refractivity (Wildman–Crippen MR) is 178 cm³/mol. The minimum absolute atomic E-state index is 0.0470. The van der Waals surface area contributed by atoms with E-state index in [2.05, 4.69) is 26.2 Å². The van der Waals surface area contributed by atoms with Crippen molar-refractivity contribution in [2.75, 3.05) is 56.0 Å². The van der Waals surface area contributed by atoms with Crippen molar-refractivity contribution in [2.45, 2.75) is 45.2 Å². The van der Waals surface area contributed by atoms with Crippen LogP contribution in [0.25, 0.3) is 0 Å². The summed E-state index contributed by atoms with van der Waals surface area (Å²) in [5, 5.41) is 10.7. The lowest BCUT2D eigenvalue weighted by molar-refractivity contribution is -0.146. The van der Waals surface area contributed by atoms with Crippen LogP contribution >= 0.6 is 23.2 Å². The second-order valence-corrected chi connectivity index (χ2v) is 12.4. The van der Waals surface area contributed by atoms with Crippen LogP contribution in [0.3, 0.4) is 0 Å². The van der Waals surface area contributed by atoms with Crippen molar-refractivity contribution in [3.05, 3.63) is 58.3 Å². The summed E-state index contributed by atoms with van der Waals surface area (Å²) in [7, 11) is 0. The first-order valence-electron chi connectivity index (χ1n) is 15.6. The molecule has 4 N–H and O–H groups in total. The van der Waals surface area contributed by atoms with E-state index in [4.69, 9.17) is 23.2 Å². The van der Waals surface area contributed by atoms with Crippen molar-refractivity contribution in [1.29, 1.82) is 0 Å². The van der Waals surface area contributed by atoms with Crippen LogP contribution in [-0.2, 0) is 19.2 Å². The number of nitrogens with zero attached hydrogens (tertiary/aromatic N) is 3. The van der Waals surface area contributed by atoms with Crippen molar-refractivity contribution in [2.24, 2.45) is 5.92 Å². The Morgan fingerprint density at radius 2 is 1.62 bits per heavy atom. The SMILES string of the molecule is CC[C@H](C)[C@H](NC(=O)CNC(=O)CNC(=O)Nc1ccccc1F)C(=O)N1CCC[C@H]1C(=O)N1CCN(c2cccc(Cl)c2Cl)CC1. The summed E-state index contributed by atoms with van der Waals surface area (Å²) in [6, 6.07) is 8.70. The Hall–Kier alpha value is -4.10. The van der Waals surface area contributed by atoms with Gasteiger partial charge in [-0.25, -0.2) is 9.18 Å². The molecule has 15 heteroatoms. The quantitative estimate of drug-likeness (QED) is 0.285. The summed E-state index contributed by atoms with van der Waals surface area (Å²) < 4.78 is 13.7. The first kappa shape index (κ1) is 35.7. The van der Waals surface area contributed by atoms with Gasteiger partial charge in [0.1, 0.15) is 17.9 Å². The van der Waals surface area contributed by atoms with E-state index in [1.54, 1.807) is 21.9 Å². The van der Waals surface area contributed by atoms with Gasteiger partial charge in [-0.2, -0.15) is 0 Å². The molecule has 47 heavy (non-hydrogen) atoms. The van der Waals surface area contributed by atoms with Crippen molar-refractivity contribution in [3.63, 3.8) is 0 Å². The van der Waals surface area contributed by atoms with Crippen molar-refractivity contribution >= 4 is 64.2 Å². The summed E-state index contributed by atoms with van der Waals surface area (Å²) >= 11 is 12.6. The maximum atomic E-state index is 13.8. The average molecular weight is 693 g/mol. The third-order valence-electron chi connectivity index (χ3n) is 8.46. The molecule has 2 fully saturated rings. The van der Waals surface area contributed by atoms with E-state index in [-0.39, 0.29) is 23.4 Å². The first-order chi connectivity index (χ1) is 22.5. The van der Waals surface area contributed by atoms with Crippen LogP contribution in [0, 0.1) is 11.7 Å². The molecular formula is C32H40Cl2FN7O5. The van der Waals surface area contributed by atoms with Crippen LogP contribution in [0.1, 0.15) is 33.1 Å². The van der Waals surface area contributed by atoms with Gasteiger partial charge in [-0.1, -0.05) is 61.7 Å². The summed E-state index contributed by atoms with van der Waals surface area (Å²) in [5.74, 6) is -2.58. The van der Waals surface area contributed by atoms with Gasteiger partial charge in [0.25, 0.3) is 0 Å². The zero-order valence-electron chi connectivity index (χ0n) is 26.4. The minimum atomic E-state index is -0.899. The third-order valence-corrected chi connectivity index (χ3v) is 9.27. The van der Waals surface area contributed by atoms with Crippen LogP contribution in [0.5, 0.6) is 0 Å². The monoisotopic (exact) mass is 691 g/mol. The van der Waals surface area contributed by atoms with Gasteiger partial charge in [-0.15, -0.1) is 0 Å². The fourth-order valence-corrected chi connectivity index (χ4v) is 6.03. The molecule has 254 valence electrons. The van der Waals surface area contributed by atoms with E-state index in [1.165, 1.54) is 18.2 Å². The second kappa shape index (κ2) is 16.6. The smallest absolute Gasteiger partial charge is 0.319 e. The number of likely N-dealkylation sites (tertiary alicyclic amines) is 1. The van der Waals surface area contributed by atoms with Gasteiger partial charge in [-0.3, -0.25) is 19.2 Å². The van der Waals surface area contributed by atoms with Crippen LogP contribution in [0.4, 0.5) is 20.6 Å². The lowest BCUT2D eigenvalue weighted by Crippen LogP contribution is -2.58. The molecule has 0 bridgehead atoms. The fraction of sp³-hybridized carbons (Fsp3) is 0.469. The molecule has 2 aromatic carbocycles. The summed E-state index contributed by atoms with van der Waals surface area (Å²) in [6.45, 7) is 5.30. The molecule has 2 heterocycles. The highest BCUT2D eigenvalue weighted by Gasteiger charge is 2.41. The zero-order valence-corrected chi connectivity index (χ0v) is 27.9. The number of anilines is 2. The molecule has 0 aliphatic carbocycles. The number of nitrogens with one attached hydrogen (secondary N) is 4. The summed E-state index contributed by atoms with van der Waals surface area (Å²) in [5.41, 5.74) is 0.767. The van der Waals surface area contributed by atoms with Gasteiger partial charge in [0.05, 0.1) is 34.5 Å². The molecule has 3 atom stereocenters. The van der Waals surface area contributed by atoms with Crippen molar-refractivity contribution in [3.8, 4) is 0 Å². The van der Waals surface area contributed by atoms with Crippen LogP contribution in [0.15, 0.2) is 42.5 Å². The van der Waals surface area contributed by atoms with Crippen molar-refractivity contribution < 1.29 is 28.4 Å². The van der Waals surface area contributed by atoms with Gasteiger partial charge in [0, 0.05) is 32.7 Å². The van der Waals surface area contributed by atoms with Gasteiger partial charge >= 0.3 is 6.03 Å². The lowest BCUT2D eigenvalue weighted by atomic mass is 9.97. The molecular weight excluding hydrogens is 652 g/mol. The molecule has 2 aromatic rings. The Balaban J connectivity index is 1.27. The highest BCUT2D eigenvalue weighted by atomic mass is 35.5. The maximum Gasteiger partial charge on any atom is 0.319 e. The number of rotatable bonds is 11. The van der Waals surface area contributed by atoms with E-state index in [0.717, 1.165) is 5.69 Å². The number of para-hydroxylation sites is 1. The summed E-state index contributed by atoms with van der Waals surface area (Å²) in [6.07, 6.45) is 1.78. The van der Waals surface area contributed by atoms with Crippen LogP contribution < -0.4 is 26.2 Å². The average Bonchev–Trinajstić information content (AvgIpc) is 3.57. The second-order valence-electron chi connectivity index (χ2n) is 11.6. The Morgan fingerprint density at radius 3 is 2.32 bits per heavy atom. The van der Waals surface area contributed by atoms with E-state index >= 15 is 0 Å². The third kappa shape index (κ3) is 9.25. The van der Waals surface area contributed by atoms with Crippen LogP contribution in [-0.4, -0.2) is 97.4 Å². The van der Waals surface area contributed by atoms with E-state index < -0.39 is 48.8 Å². The molecule has 0 radical (unpaired) electrons. The number of benzene rings is 2. The number of piperazine rings is 1. The Bertz CT molecular complexity index is 1470. The van der Waals surface area contributed by atoms with Gasteiger partial charge in [0.15, 0.2) is 0 Å².